The van der Waals surface area contributed by atoms with Gasteiger partial charge in [-0.3, -0.25) is 4.79 Å². The summed E-state index contributed by atoms with van der Waals surface area (Å²) in [7, 11) is 0. The van der Waals surface area contributed by atoms with E-state index in [-0.39, 0.29) is 6.10 Å². The Bertz CT molecular complexity index is 459. The monoisotopic (exact) mass is 304 g/mol. The van der Waals surface area contributed by atoms with Crippen molar-refractivity contribution in [1.29, 1.82) is 0 Å². The van der Waals surface area contributed by atoms with E-state index in [1.54, 1.807) is 0 Å². The zero-order chi connectivity index (χ0) is 15.5. The number of Topliss-reactive ketones (excluding diaryl/α,β-unsaturated/α-hetero) is 1. The smallest absolute Gasteiger partial charge is 0.133 e. The lowest BCUT2D eigenvalue weighted by molar-refractivity contribution is -0.128. The Morgan fingerprint density at radius 3 is 2.50 bits per heavy atom. The van der Waals surface area contributed by atoms with E-state index in [1.807, 2.05) is 6.92 Å². The molecule has 4 saturated carbocycles. The third kappa shape index (κ3) is 2.12. The third-order valence-electron chi connectivity index (χ3n) is 8.42. The first-order valence-electron chi connectivity index (χ1n) is 9.69. The fraction of sp³-hybridized carbons (Fsp3) is 0.950. The molecule has 0 aromatic heterocycles. The number of rotatable bonds is 1. The van der Waals surface area contributed by atoms with Crippen LogP contribution in [-0.2, 0) is 4.79 Å². The number of ketones is 1. The molecule has 0 spiro atoms. The highest BCUT2D eigenvalue weighted by molar-refractivity contribution is 5.79. The Hall–Kier alpha value is -0.370. The Labute approximate surface area is 135 Å². The van der Waals surface area contributed by atoms with E-state index >= 15 is 0 Å². The molecule has 0 bridgehead atoms. The fourth-order valence-electron chi connectivity index (χ4n) is 7.50. The maximum atomic E-state index is 12.1. The molecule has 8 atom stereocenters. The molecular formula is C20H32O2. The van der Waals surface area contributed by atoms with Crippen molar-refractivity contribution in [3.8, 4) is 0 Å². The first kappa shape index (κ1) is 15.2. The maximum absolute atomic E-state index is 12.1. The average Bonchev–Trinajstić information content (AvgIpc) is 2.84. The molecule has 2 heteroatoms. The minimum absolute atomic E-state index is 0.0276. The van der Waals surface area contributed by atoms with E-state index in [9.17, 15) is 9.90 Å². The van der Waals surface area contributed by atoms with E-state index < -0.39 is 0 Å². The number of hydrogen-bond acceptors (Lipinski definition) is 2. The van der Waals surface area contributed by atoms with Gasteiger partial charge in [0, 0.05) is 5.92 Å². The second kappa shape index (κ2) is 5.33. The predicted molar refractivity (Wildman–Crippen MR) is 87.3 cm³/mol. The van der Waals surface area contributed by atoms with Crippen molar-refractivity contribution < 1.29 is 9.90 Å². The van der Waals surface area contributed by atoms with Crippen LogP contribution in [0.3, 0.4) is 0 Å². The van der Waals surface area contributed by atoms with Gasteiger partial charge in [-0.1, -0.05) is 6.92 Å². The first-order valence-corrected chi connectivity index (χ1v) is 9.69. The molecule has 4 aliphatic rings. The van der Waals surface area contributed by atoms with Crippen LogP contribution < -0.4 is 0 Å². The second-order valence-electron chi connectivity index (χ2n) is 9.19. The lowest BCUT2D eigenvalue weighted by atomic mass is 9.49. The van der Waals surface area contributed by atoms with Crippen molar-refractivity contribution in [1.82, 2.24) is 0 Å². The van der Waals surface area contributed by atoms with Crippen LogP contribution in [-0.4, -0.2) is 17.0 Å². The van der Waals surface area contributed by atoms with Crippen LogP contribution in [0.1, 0.15) is 71.6 Å². The van der Waals surface area contributed by atoms with Crippen molar-refractivity contribution in [2.24, 2.45) is 40.9 Å². The van der Waals surface area contributed by atoms with Crippen molar-refractivity contribution in [2.45, 2.75) is 77.7 Å². The molecule has 0 heterocycles. The minimum Gasteiger partial charge on any atom is -0.393 e. The molecule has 0 aromatic rings. The van der Waals surface area contributed by atoms with Gasteiger partial charge in [0.05, 0.1) is 6.10 Å². The summed E-state index contributed by atoms with van der Waals surface area (Å²) in [6.07, 6.45) is 11.1. The lowest BCUT2D eigenvalue weighted by Gasteiger charge is -2.56. The molecular weight excluding hydrogens is 272 g/mol. The number of carbonyl (C=O) groups is 1. The summed E-state index contributed by atoms with van der Waals surface area (Å²) in [6, 6.07) is 0. The highest BCUT2D eigenvalue weighted by atomic mass is 16.3. The van der Waals surface area contributed by atoms with Gasteiger partial charge in [-0.05, 0) is 99.7 Å². The fourth-order valence-corrected chi connectivity index (χ4v) is 7.50. The molecule has 0 aliphatic heterocycles. The van der Waals surface area contributed by atoms with Gasteiger partial charge in [0.2, 0.25) is 0 Å². The van der Waals surface area contributed by atoms with Crippen molar-refractivity contribution in [3.63, 3.8) is 0 Å². The summed E-state index contributed by atoms with van der Waals surface area (Å²) in [4.78, 5) is 12.1. The van der Waals surface area contributed by atoms with Crippen LogP contribution >= 0.6 is 0 Å². The van der Waals surface area contributed by atoms with E-state index in [0.29, 0.717) is 17.1 Å². The molecule has 22 heavy (non-hydrogen) atoms. The molecule has 2 nitrogen and oxygen atoms in total. The molecule has 0 aromatic carbocycles. The number of carbonyl (C=O) groups excluding carboxylic acids is 1. The summed E-state index contributed by atoms with van der Waals surface area (Å²) in [5, 5.41) is 9.99. The highest BCUT2D eigenvalue weighted by Crippen LogP contribution is 2.64. The largest absolute Gasteiger partial charge is 0.393 e. The topological polar surface area (TPSA) is 37.3 Å². The van der Waals surface area contributed by atoms with Crippen molar-refractivity contribution in [2.75, 3.05) is 0 Å². The average molecular weight is 304 g/mol. The lowest BCUT2D eigenvalue weighted by Crippen LogP contribution is -2.49. The Morgan fingerprint density at radius 2 is 1.73 bits per heavy atom. The number of hydrogen-bond donors (Lipinski definition) is 1. The zero-order valence-electron chi connectivity index (χ0n) is 14.3. The quantitative estimate of drug-likeness (QED) is 0.788. The van der Waals surface area contributed by atoms with Crippen molar-refractivity contribution >= 4 is 5.78 Å². The van der Waals surface area contributed by atoms with Gasteiger partial charge in [-0.15, -0.1) is 0 Å². The Balaban J connectivity index is 1.56. The summed E-state index contributed by atoms with van der Waals surface area (Å²) in [5.74, 6) is 5.02. The summed E-state index contributed by atoms with van der Waals surface area (Å²) >= 11 is 0. The predicted octanol–water partition coefficient (Wildman–Crippen LogP) is 4.21. The van der Waals surface area contributed by atoms with Crippen LogP contribution in [0.15, 0.2) is 0 Å². The van der Waals surface area contributed by atoms with Gasteiger partial charge in [-0.2, -0.15) is 0 Å². The van der Waals surface area contributed by atoms with Gasteiger partial charge >= 0.3 is 0 Å². The van der Waals surface area contributed by atoms with Gasteiger partial charge in [0.25, 0.3) is 0 Å². The normalized spacial score (nSPS) is 54.2. The summed E-state index contributed by atoms with van der Waals surface area (Å²) < 4.78 is 0. The molecule has 4 aliphatic carbocycles. The molecule has 124 valence electrons. The summed E-state index contributed by atoms with van der Waals surface area (Å²) in [5.41, 5.74) is 0.300. The van der Waals surface area contributed by atoms with Gasteiger partial charge in [0.1, 0.15) is 5.78 Å². The molecule has 4 rings (SSSR count). The van der Waals surface area contributed by atoms with Crippen LogP contribution in [0, 0.1) is 40.9 Å². The van der Waals surface area contributed by atoms with Gasteiger partial charge in [-0.25, -0.2) is 0 Å². The number of aliphatic hydroxyl groups excluding tert-OH is 1. The molecule has 1 unspecified atom stereocenters. The van der Waals surface area contributed by atoms with E-state index in [1.165, 1.54) is 38.5 Å². The molecule has 4 fully saturated rings. The second-order valence-corrected chi connectivity index (χ2v) is 9.19. The van der Waals surface area contributed by atoms with Crippen molar-refractivity contribution in [3.05, 3.63) is 0 Å². The van der Waals surface area contributed by atoms with E-state index in [2.05, 4.69) is 6.92 Å². The third-order valence-corrected chi connectivity index (χ3v) is 8.42. The standard InChI is InChI=1S/C20H32O2/c1-12(21)18-7-8-19-17-5-3-13-11-14(22)4-6-15(13)16(17)9-10-20(18,19)2/h13-19,22H,3-11H2,1-2H3/t13-,14?,15-,16+,17+,18+,19-,20+/m0/s1. The van der Waals surface area contributed by atoms with Crippen LogP contribution in [0.4, 0.5) is 0 Å². The van der Waals surface area contributed by atoms with Gasteiger partial charge in [0.15, 0.2) is 0 Å². The Kier molecular flexibility index (Phi) is 3.67. The number of aliphatic hydroxyl groups is 1. The SMILES string of the molecule is CC(=O)[C@H]1CC[C@H]2[C@@H]3CC[C@H]4CC(O)CC[C@@H]4[C@H]3CC[C@]12C. The number of fused-ring (bicyclic) bond motifs is 5. The van der Waals surface area contributed by atoms with Crippen LogP contribution in [0.2, 0.25) is 0 Å². The van der Waals surface area contributed by atoms with E-state index in [4.69, 9.17) is 0 Å². The van der Waals surface area contributed by atoms with Crippen LogP contribution in [0.25, 0.3) is 0 Å². The highest BCUT2D eigenvalue weighted by Gasteiger charge is 2.57. The molecule has 0 radical (unpaired) electrons. The van der Waals surface area contributed by atoms with E-state index in [0.717, 1.165) is 48.9 Å². The zero-order valence-corrected chi connectivity index (χ0v) is 14.3. The maximum Gasteiger partial charge on any atom is 0.133 e. The van der Waals surface area contributed by atoms with Gasteiger partial charge < -0.3 is 5.11 Å². The Morgan fingerprint density at radius 1 is 0.955 bits per heavy atom. The molecule has 0 amide bonds. The molecule has 0 saturated heterocycles. The van der Waals surface area contributed by atoms with Crippen LogP contribution in [0.5, 0.6) is 0 Å². The molecule has 1 N–H and O–H groups in total. The minimum atomic E-state index is -0.0276. The summed E-state index contributed by atoms with van der Waals surface area (Å²) in [6.45, 7) is 4.26. The first-order chi connectivity index (χ1) is 10.5.